The molecular weight excluding hydrogens is 1660 g/mol. The van der Waals surface area contributed by atoms with E-state index >= 15 is 0 Å². The summed E-state index contributed by atoms with van der Waals surface area (Å²) in [7, 11) is 4.63. The maximum Gasteiger partial charge on any atom is 0.329 e. The quantitative estimate of drug-likeness (QED) is 0.00974. The van der Waals surface area contributed by atoms with E-state index in [-0.39, 0.29) is 111 Å². The standard InChI is InChI=1S/C97H135N15O18/c1-58-16-12-11-13-17-59(2)80(123-8)50-74-26-19-64(7)97(122,130-74)89(118)93(120)111-36-15-14-18-76(111)94(121)128-81(61(4)46-65-22-27-77(114)82(48-65)124-9)51-78(115)60(3)45-63(6)87(117)88(125-10)85(62(5)44-58)107-127-56-73(113)25-21-67-52-101-96(102-53-67)109-40-32-72(33-41-109)108-37-29-68(30-38-108)92(119)100-35-43-126-42-34-83(116)110-39-31-69-47-66(20-23-71(69)55-110)54-112-91-84(90(98)103-57-104-91)86(106-112)70-24-28-79-75(49-70)105-95(99)129-79/h11-13,16-17,20,23-24,28,45,47,49,52-53,57-58,60-62,64-65,68,72,74,76-78,80-82,87-88,114-115,117,122H,14-15,18-19,21-22,25-27,29-44,46,48,50-51,54-56H2,1-10H3,(H2,99,105)(H,100,119)(H2,98,103,104)/b13-11+,16-12+,59-17+,63-45+,107-85?/t58-,60-,61-,62-,64-,65+,74+,76+,77-,78-,80+,81+,82-,87-,88+,97-/m1/s1. The highest BCUT2D eigenvalue weighted by atomic mass is 16.6. The lowest BCUT2D eigenvalue weighted by Gasteiger charge is -2.43. The number of rotatable bonds is 24. The molecule has 130 heavy (non-hydrogen) atoms. The third-order valence-corrected chi connectivity index (χ3v) is 27.8. The van der Waals surface area contributed by atoms with Crippen molar-refractivity contribution in [3.63, 3.8) is 0 Å². The van der Waals surface area contributed by atoms with Crippen LogP contribution >= 0.6 is 0 Å². The molecule has 2 aromatic carbocycles. The predicted molar refractivity (Wildman–Crippen MR) is 490 cm³/mol. The molecule has 10 heterocycles. The van der Waals surface area contributed by atoms with E-state index in [1.54, 1.807) is 59.5 Å². The van der Waals surface area contributed by atoms with Gasteiger partial charge in [-0.2, -0.15) is 10.1 Å². The van der Waals surface area contributed by atoms with Crippen LogP contribution < -0.4 is 21.7 Å². The van der Waals surface area contributed by atoms with Crippen LogP contribution in [0.15, 0.2) is 112 Å². The number of ketones is 2. The SMILES string of the molecule is CO[C@H]1C[C@@H]2CC[C@@H](C)[C@@](O)(O2)C(=O)C(=O)N2CCCC[C@H]2C(=O)O[C@H]([C@H](C)C[C@@H]2CC[C@@H](O)[C@H](OC)C2)C[C@@H](O)[C@H](C)/C=C(\C)[C@@H](O)[C@@H](OC)C(=NOCC(=O)CCc2cnc(N3CCC(N4CCC(C(=O)NCCOCCC(=O)N5CCc6cc(Cn7nc(-c8ccc9oc(N)nc9c8)c8c(N)ncnc87)ccc6C5)CC4)CC3)nc2)[C@H](C)C[C@H](C)/C=C/C=C/C=C/1C. The van der Waals surface area contributed by atoms with Gasteiger partial charge in [0.25, 0.3) is 17.7 Å². The Morgan fingerprint density at radius 3 is 2.32 bits per heavy atom. The van der Waals surface area contributed by atoms with Gasteiger partial charge in [0.15, 0.2) is 23.6 Å². The van der Waals surface area contributed by atoms with Crippen molar-refractivity contribution in [2.45, 2.75) is 257 Å². The first-order chi connectivity index (χ1) is 62.6. The number of Topliss-reactive ketones (excluding diaryl/α,β-unsaturated/α-hetero) is 2. The summed E-state index contributed by atoms with van der Waals surface area (Å²) in [5, 5.41) is 60.8. The fourth-order valence-electron chi connectivity index (χ4n) is 19.9. The molecule has 16 atom stereocenters. The lowest BCUT2D eigenvalue weighted by Crippen LogP contribution is -2.61. The minimum atomic E-state index is -2.46. The van der Waals surface area contributed by atoms with E-state index < -0.39 is 84.1 Å². The average molecular weight is 1800 g/mol. The van der Waals surface area contributed by atoms with Gasteiger partial charge in [0, 0.05) is 128 Å². The summed E-state index contributed by atoms with van der Waals surface area (Å²) in [6.45, 7) is 18.5. The Bertz CT molecular complexity index is 5020. The van der Waals surface area contributed by atoms with E-state index in [0.29, 0.717) is 160 Å². The molecule has 6 aromatic rings. The summed E-state index contributed by atoms with van der Waals surface area (Å²) < 4.78 is 43.6. The Balaban J connectivity index is 0.560. The number of oxime groups is 1. The van der Waals surface area contributed by atoms with Crippen LogP contribution in [-0.2, 0) is 88.0 Å². The molecule has 1 saturated carbocycles. The summed E-state index contributed by atoms with van der Waals surface area (Å²) >= 11 is 0. The zero-order valence-electron chi connectivity index (χ0n) is 77.1. The number of likely N-dealkylation sites (tertiary alicyclic amines) is 1. The number of nitrogens with one attached hydrogen (secondary N) is 1. The van der Waals surface area contributed by atoms with E-state index in [0.717, 1.165) is 79.7 Å². The average Bonchev–Trinajstić information content (AvgIpc) is 1.39. The number of fused-ring (bicyclic) bond motifs is 6. The maximum atomic E-state index is 14.8. The van der Waals surface area contributed by atoms with Gasteiger partial charge >= 0.3 is 5.97 Å². The molecule has 0 radical (unpaired) electrons. The molecule has 1 aliphatic carbocycles. The van der Waals surface area contributed by atoms with Crippen LogP contribution in [0, 0.1) is 41.4 Å². The van der Waals surface area contributed by atoms with Gasteiger partial charge in [0.05, 0.1) is 67.8 Å². The number of esters is 1. The third kappa shape index (κ3) is 24.5. The number of aliphatic hydroxyl groups excluding tert-OH is 3. The number of carbonyl (C=O) groups is 6. The van der Waals surface area contributed by atoms with Crippen LogP contribution in [0.4, 0.5) is 17.8 Å². The van der Waals surface area contributed by atoms with Gasteiger partial charge in [-0.25, -0.2) is 29.4 Å². The molecule has 9 N–H and O–H groups in total. The summed E-state index contributed by atoms with van der Waals surface area (Å²) in [4.78, 5) is 121. The van der Waals surface area contributed by atoms with E-state index in [1.165, 1.54) is 23.9 Å². The monoisotopic (exact) mass is 1800 g/mol. The molecule has 0 unspecified atom stereocenters. The normalized spacial score (nSPS) is 29.4. The van der Waals surface area contributed by atoms with E-state index in [9.17, 15) is 49.2 Å². The Labute approximate surface area is 761 Å². The number of aliphatic hydroxyl groups is 4. The number of oxazole rings is 1. The van der Waals surface area contributed by atoms with Crippen molar-refractivity contribution in [1.82, 2.24) is 54.7 Å². The summed E-state index contributed by atoms with van der Waals surface area (Å²) in [5.74, 6) is -6.65. The predicted octanol–water partition coefficient (Wildman–Crippen LogP) is 9.72. The van der Waals surface area contributed by atoms with Crippen molar-refractivity contribution < 1.29 is 86.9 Å². The number of amides is 3. The molecule has 33 nitrogen and oxygen atoms in total. The zero-order valence-corrected chi connectivity index (χ0v) is 77.1. The molecule has 13 rings (SSSR count). The Kier molecular flexibility index (Phi) is 34.2. The van der Waals surface area contributed by atoms with Gasteiger partial charge in [-0.15, -0.1) is 0 Å². The second-order valence-corrected chi connectivity index (χ2v) is 37.2. The third-order valence-electron chi connectivity index (χ3n) is 27.8. The summed E-state index contributed by atoms with van der Waals surface area (Å²) in [5.41, 5.74) is 21.2. The number of cyclic esters (lactones) is 1. The number of nitrogens with zero attached hydrogens (tertiary/aromatic N) is 12. The molecule has 7 aliphatic rings. The summed E-state index contributed by atoms with van der Waals surface area (Å²) in [6.07, 6.45) is 20.2. The number of aryl methyl sites for hydroxylation is 1. The van der Waals surface area contributed by atoms with Gasteiger partial charge in [-0.05, 0) is 199 Å². The van der Waals surface area contributed by atoms with Crippen LogP contribution in [0.2, 0.25) is 0 Å². The highest BCUT2D eigenvalue weighted by Crippen LogP contribution is 2.40. The Hall–Kier alpha value is -9.81. The first kappa shape index (κ1) is 97.7. The van der Waals surface area contributed by atoms with Crippen molar-refractivity contribution in [1.29, 1.82) is 0 Å². The number of benzene rings is 2. The second-order valence-electron chi connectivity index (χ2n) is 37.2. The maximum absolute atomic E-state index is 14.8. The second kappa shape index (κ2) is 45.5. The zero-order chi connectivity index (χ0) is 92.5. The number of allylic oxidation sites excluding steroid dienone is 5. The molecule has 3 amide bonds. The lowest BCUT2D eigenvalue weighted by molar-refractivity contribution is -0.265. The molecule has 0 spiro atoms. The fourth-order valence-corrected chi connectivity index (χ4v) is 19.9. The highest BCUT2D eigenvalue weighted by Gasteiger charge is 2.53. The molecule has 33 heteroatoms. The number of nitrogens with two attached hydrogens (primary N) is 2. The number of methoxy groups -OCH3 is 3. The molecular formula is C97H135N15O18. The number of hydrogen-bond donors (Lipinski definition) is 7. The molecule has 2 bridgehead atoms. The van der Waals surface area contributed by atoms with E-state index in [1.807, 2.05) is 66.8 Å². The highest BCUT2D eigenvalue weighted by molar-refractivity contribution is 6.39. The topological polar surface area (TPSA) is 433 Å². The Morgan fingerprint density at radius 1 is 0.769 bits per heavy atom. The fraction of sp³-hybridized carbons (Fsp3) is 0.619. The first-order valence-corrected chi connectivity index (χ1v) is 46.7. The van der Waals surface area contributed by atoms with Crippen molar-refractivity contribution >= 4 is 80.9 Å². The van der Waals surface area contributed by atoms with Crippen LogP contribution in [-0.4, -0.2) is 264 Å². The lowest BCUT2D eigenvalue weighted by atomic mass is 9.78. The van der Waals surface area contributed by atoms with Crippen molar-refractivity contribution in [2.24, 2.45) is 46.6 Å². The number of aromatic nitrogens is 7. The van der Waals surface area contributed by atoms with Gasteiger partial charge in [0.1, 0.15) is 47.7 Å². The van der Waals surface area contributed by atoms with Crippen LogP contribution in [0.25, 0.3) is 33.4 Å². The minimum absolute atomic E-state index is 0.0221. The number of nitrogen functional groups attached to an aromatic ring is 2. The van der Waals surface area contributed by atoms with Crippen molar-refractivity contribution in [2.75, 3.05) is 103 Å². The molecule has 5 fully saturated rings. The molecule has 6 aliphatic heterocycles. The first-order valence-electron chi connectivity index (χ1n) is 46.7. The smallest absolute Gasteiger partial charge is 0.329 e. The van der Waals surface area contributed by atoms with Crippen LogP contribution in [0.1, 0.15) is 186 Å². The number of hydrogen-bond acceptors (Lipinski definition) is 29. The minimum Gasteiger partial charge on any atom is -0.460 e. The number of carbonyl (C=O) groups excluding carboxylic acids is 6. The molecule has 4 saturated heterocycles. The van der Waals surface area contributed by atoms with E-state index in [4.69, 9.17) is 64.2 Å². The number of ether oxygens (including phenoxy) is 6. The van der Waals surface area contributed by atoms with Gasteiger partial charge in [-0.1, -0.05) is 94.4 Å². The van der Waals surface area contributed by atoms with Crippen molar-refractivity contribution in [3.05, 3.63) is 125 Å². The molecule has 706 valence electrons. The summed E-state index contributed by atoms with van der Waals surface area (Å²) in [6, 6.07) is 11.1. The van der Waals surface area contributed by atoms with Crippen LogP contribution in [0.3, 0.4) is 0 Å². The van der Waals surface area contributed by atoms with Crippen LogP contribution in [0.5, 0.6) is 0 Å². The van der Waals surface area contributed by atoms with Crippen molar-refractivity contribution in [3.8, 4) is 11.3 Å². The molecule has 4 aromatic heterocycles. The van der Waals surface area contributed by atoms with Gasteiger partial charge in [0.2, 0.25) is 23.5 Å². The van der Waals surface area contributed by atoms with Gasteiger partial charge < -0.3 is 94.5 Å². The number of piperidine rings is 3. The number of anilines is 3. The Morgan fingerprint density at radius 2 is 1.55 bits per heavy atom. The largest absolute Gasteiger partial charge is 0.460 e. The van der Waals surface area contributed by atoms with E-state index in [2.05, 4.69) is 66.4 Å². The van der Waals surface area contributed by atoms with Gasteiger partial charge in [-0.3, -0.25) is 24.0 Å².